The van der Waals surface area contributed by atoms with Crippen LogP contribution in [0.5, 0.6) is 5.88 Å². The molecule has 1 aliphatic heterocycles. The van der Waals surface area contributed by atoms with Crippen molar-refractivity contribution in [3.05, 3.63) is 18.6 Å². The average molecular weight is 218 g/mol. The molecule has 0 bridgehead atoms. The van der Waals surface area contributed by atoms with Crippen LogP contribution in [0.25, 0.3) is 11.0 Å². The van der Waals surface area contributed by atoms with E-state index in [1.165, 1.54) is 0 Å². The van der Waals surface area contributed by atoms with Crippen molar-refractivity contribution >= 4 is 11.0 Å². The highest BCUT2D eigenvalue weighted by Gasteiger charge is 2.18. The van der Waals surface area contributed by atoms with Crippen molar-refractivity contribution in [2.24, 2.45) is 7.05 Å². The molecule has 0 saturated carbocycles. The second-order valence-corrected chi connectivity index (χ2v) is 4.07. The van der Waals surface area contributed by atoms with Gasteiger partial charge in [-0.05, 0) is 19.0 Å². The minimum Gasteiger partial charge on any atom is -0.471 e. The van der Waals surface area contributed by atoms with E-state index in [1.54, 1.807) is 12.5 Å². The molecular weight excluding hydrogens is 204 g/mol. The Hall–Kier alpha value is -1.62. The number of aryl methyl sites for hydroxylation is 1. The third-order valence-corrected chi connectivity index (χ3v) is 2.90. The van der Waals surface area contributed by atoms with Crippen molar-refractivity contribution in [3.8, 4) is 5.88 Å². The fraction of sp³-hybridized carbons (Fsp3) is 0.455. The van der Waals surface area contributed by atoms with E-state index < -0.39 is 0 Å². The quantitative estimate of drug-likeness (QED) is 0.806. The molecule has 1 N–H and O–H groups in total. The lowest BCUT2D eigenvalue weighted by Gasteiger charge is -2.11. The Labute approximate surface area is 93.5 Å². The molecule has 0 aliphatic carbocycles. The summed E-state index contributed by atoms with van der Waals surface area (Å²) in [6.45, 7) is 1.91. The third-order valence-electron chi connectivity index (χ3n) is 2.90. The van der Waals surface area contributed by atoms with Crippen LogP contribution in [0.2, 0.25) is 0 Å². The van der Waals surface area contributed by atoms with Crippen LogP contribution in [0.3, 0.4) is 0 Å². The highest BCUT2D eigenvalue weighted by atomic mass is 16.5. The summed E-state index contributed by atoms with van der Waals surface area (Å²) in [7, 11) is 1.97. The van der Waals surface area contributed by atoms with E-state index in [-0.39, 0.29) is 6.10 Å². The van der Waals surface area contributed by atoms with Crippen LogP contribution in [0.4, 0.5) is 0 Å². The van der Waals surface area contributed by atoms with Gasteiger partial charge in [0.05, 0.1) is 11.8 Å². The molecule has 0 radical (unpaired) electrons. The highest BCUT2D eigenvalue weighted by Crippen LogP contribution is 2.22. The first kappa shape index (κ1) is 9.59. The molecule has 5 nitrogen and oxygen atoms in total. The summed E-state index contributed by atoms with van der Waals surface area (Å²) in [4.78, 5) is 8.57. The van der Waals surface area contributed by atoms with Crippen LogP contribution >= 0.6 is 0 Å². The molecule has 0 aromatic carbocycles. The lowest BCUT2D eigenvalue weighted by molar-refractivity contribution is 0.217. The van der Waals surface area contributed by atoms with Crippen LogP contribution < -0.4 is 10.1 Å². The SMILES string of the molecule is Cn1cnc2c(OC3CCNC3)nccc21. The van der Waals surface area contributed by atoms with Crippen LogP contribution in [0, 0.1) is 0 Å². The van der Waals surface area contributed by atoms with Gasteiger partial charge in [0, 0.05) is 19.8 Å². The summed E-state index contributed by atoms with van der Waals surface area (Å²) in [5.74, 6) is 0.645. The first-order chi connectivity index (χ1) is 7.84. The summed E-state index contributed by atoms with van der Waals surface area (Å²) in [6.07, 6.45) is 4.80. The van der Waals surface area contributed by atoms with Crippen molar-refractivity contribution in [2.45, 2.75) is 12.5 Å². The number of hydrogen-bond donors (Lipinski definition) is 1. The zero-order chi connectivity index (χ0) is 11.0. The predicted molar refractivity (Wildman–Crippen MR) is 60.4 cm³/mol. The topological polar surface area (TPSA) is 52.0 Å². The van der Waals surface area contributed by atoms with Gasteiger partial charge in [-0.2, -0.15) is 0 Å². The molecule has 1 atom stereocenters. The molecule has 16 heavy (non-hydrogen) atoms. The standard InChI is InChI=1S/C11H14N4O/c1-15-7-14-10-9(15)3-5-13-11(10)16-8-2-4-12-6-8/h3,5,7-8,12H,2,4,6H2,1H3. The van der Waals surface area contributed by atoms with E-state index in [4.69, 9.17) is 4.74 Å². The molecule has 2 aromatic rings. The second kappa shape index (κ2) is 3.75. The molecule has 5 heteroatoms. The zero-order valence-corrected chi connectivity index (χ0v) is 9.18. The molecule has 0 spiro atoms. The number of nitrogens with one attached hydrogen (secondary N) is 1. The Balaban J connectivity index is 1.96. The lowest BCUT2D eigenvalue weighted by atomic mass is 10.3. The van der Waals surface area contributed by atoms with Crippen molar-refractivity contribution in [1.82, 2.24) is 19.9 Å². The molecular formula is C11H14N4O. The van der Waals surface area contributed by atoms with E-state index in [0.29, 0.717) is 5.88 Å². The number of ether oxygens (including phenoxy) is 1. The van der Waals surface area contributed by atoms with E-state index in [2.05, 4.69) is 15.3 Å². The molecule has 3 rings (SSSR count). The first-order valence-corrected chi connectivity index (χ1v) is 5.48. The number of hydrogen-bond acceptors (Lipinski definition) is 4. The summed E-state index contributed by atoms with van der Waals surface area (Å²) < 4.78 is 7.82. The Morgan fingerprint density at radius 3 is 3.25 bits per heavy atom. The van der Waals surface area contributed by atoms with Gasteiger partial charge in [-0.15, -0.1) is 0 Å². The van der Waals surface area contributed by atoms with Gasteiger partial charge in [0.25, 0.3) is 0 Å². The van der Waals surface area contributed by atoms with Crippen molar-refractivity contribution in [2.75, 3.05) is 13.1 Å². The Bertz CT molecular complexity index is 502. The minimum absolute atomic E-state index is 0.222. The van der Waals surface area contributed by atoms with Gasteiger partial charge in [-0.25, -0.2) is 9.97 Å². The first-order valence-electron chi connectivity index (χ1n) is 5.48. The zero-order valence-electron chi connectivity index (χ0n) is 9.18. The predicted octanol–water partition coefficient (Wildman–Crippen LogP) is 0.709. The summed E-state index contributed by atoms with van der Waals surface area (Å²) >= 11 is 0. The Kier molecular flexibility index (Phi) is 2.25. The molecule has 3 heterocycles. The Morgan fingerprint density at radius 2 is 2.44 bits per heavy atom. The molecule has 1 aliphatic rings. The maximum atomic E-state index is 5.85. The number of rotatable bonds is 2. The average Bonchev–Trinajstić information content (AvgIpc) is 2.90. The summed E-state index contributed by atoms with van der Waals surface area (Å²) in [5.41, 5.74) is 1.90. The number of aromatic nitrogens is 3. The van der Waals surface area contributed by atoms with Gasteiger partial charge in [-0.3, -0.25) is 0 Å². The fourth-order valence-electron chi connectivity index (χ4n) is 2.01. The number of nitrogens with zero attached hydrogens (tertiary/aromatic N) is 3. The molecule has 84 valence electrons. The maximum absolute atomic E-state index is 5.85. The van der Waals surface area contributed by atoms with Crippen molar-refractivity contribution in [3.63, 3.8) is 0 Å². The van der Waals surface area contributed by atoms with E-state index in [9.17, 15) is 0 Å². The van der Waals surface area contributed by atoms with Gasteiger partial charge in [0.2, 0.25) is 5.88 Å². The van der Waals surface area contributed by atoms with Gasteiger partial charge in [-0.1, -0.05) is 0 Å². The Morgan fingerprint density at radius 1 is 1.50 bits per heavy atom. The molecule has 1 fully saturated rings. The normalized spacial score (nSPS) is 20.4. The largest absolute Gasteiger partial charge is 0.471 e. The smallest absolute Gasteiger partial charge is 0.242 e. The van der Waals surface area contributed by atoms with E-state index in [0.717, 1.165) is 30.5 Å². The fourth-order valence-corrected chi connectivity index (χ4v) is 2.01. The number of fused-ring (bicyclic) bond motifs is 1. The van der Waals surface area contributed by atoms with Gasteiger partial charge in [0.1, 0.15) is 6.10 Å². The molecule has 1 saturated heterocycles. The summed E-state index contributed by atoms with van der Waals surface area (Å²) in [6, 6.07) is 1.95. The molecule has 1 unspecified atom stereocenters. The van der Waals surface area contributed by atoms with E-state index >= 15 is 0 Å². The van der Waals surface area contributed by atoms with Crippen LogP contribution in [-0.2, 0) is 7.05 Å². The van der Waals surface area contributed by atoms with Gasteiger partial charge in [0.15, 0.2) is 5.52 Å². The van der Waals surface area contributed by atoms with E-state index in [1.807, 2.05) is 17.7 Å². The van der Waals surface area contributed by atoms with Gasteiger partial charge >= 0.3 is 0 Å². The monoisotopic (exact) mass is 218 g/mol. The summed E-state index contributed by atoms with van der Waals surface area (Å²) in [5, 5.41) is 3.27. The molecule has 0 amide bonds. The minimum atomic E-state index is 0.222. The highest BCUT2D eigenvalue weighted by molar-refractivity contribution is 5.79. The second-order valence-electron chi connectivity index (χ2n) is 4.07. The van der Waals surface area contributed by atoms with Crippen molar-refractivity contribution in [1.29, 1.82) is 0 Å². The third kappa shape index (κ3) is 1.53. The number of imidazole rings is 1. The van der Waals surface area contributed by atoms with Crippen LogP contribution in [0.15, 0.2) is 18.6 Å². The van der Waals surface area contributed by atoms with Crippen LogP contribution in [-0.4, -0.2) is 33.7 Å². The van der Waals surface area contributed by atoms with Gasteiger partial charge < -0.3 is 14.6 Å². The number of pyridine rings is 1. The maximum Gasteiger partial charge on any atom is 0.242 e. The lowest BCUT2D eigenvalue weighted by Crippen LogP contribution is -2.20. The van der Waals surface area contributed by atoms with Crippen molar-refractivity contribution < 1.29 is 4.74 Å². The van der Waals surface area contributed by atoms with Crippen LogP contribution in [0.1, 0.15) is 6.42 Å². The molecule has 2 aromatic heterocycles.